The third-order valence-corrected chi connectivity index (χ3v) is 1.70. The van der Waals surface area contributed by atoms with Gasteiger partial charge in [-0.1, -0.05) is 0 Å². The Bertz CT molecular complexity index is 228. The van der Waals surface area contributed by atoms with E-state index >= 15 is 0 Å². The molecule has 0 saturated carbocycles. The second kappa shape index (κ2) is 7.06. The number of halogens is 1. The van der Waals surface area contributed by atoms with Crippen molar-refractivity contribution in [2.24, 2.45) is 0 Å². The molecule has 0 aliphatic carbocycles. The molecule has 0 spiro atoms. The predicted molar refractivity (Wildman–Crippen MR) is 55.0 cm³/mol. The Morgan fingerprint density at radius 2 is 2.08 bits per heavy atom. The lowest BCUT2D eigenvalue weighted by Gasteiger charge is -2.03. The van der Waals surface area contributed by atoms with E-state index in [1.807, 2.05) is 10.8 Å². The number of aliphatic hydroxyl groups is 2. The zero-order valence-electron chi connectivity index (χ0n) is 7.39. The molecular weight excluding hydrogens is 236 g/mol. The van der Waals surface area contributed by atoms with Gasteiger partial charge < -0.3 is 14.8 Å². The number of aromatic nitrogens is 2. The van der Waals surface area contributed by atoms with E-state index in [0.717, 1.165) is 18.7 Å². The molecule has 1 heterocycles. The average Bonchev–Trinajstić information content (AvgIpc) is 2.50. The molecule has 0 aromatic carbocycles. The molecule has 0 saturated heterocycles. The van der Waals surface area contributed by atoms with Crippen molar-refractivity contribution in [3.63, 3.8) is 0 Å². The Hall–Kier alpha value is -0.390. The van der Waals surface area contributed by atoms with Crippen molar-refractivity contribution in [2.45, 2.75) is 19.4 Å². The van der Waals surface area contributed by atoms with Crippen LogP contribution in [0, 0.1) is 0 Å². The number of rotatable bonds is 5. The molecule has 1 aromatic rings. The second-order valence-corrected chi connectivity index (χ2v) is 2.59. The van der Waals surface area contributed by atoms with Crippen LogP contribution in [0.3, 0.4) is 0 Å². The zero-order chi connectivity index (χ0) is 8.81. The molecule has 0 unspecified atom stereocenters. The van der Waals surface area contributed by atoms with Gasteiger partial charge in [-0.2, -0.15) is 0 Å². The van der Waals surface area contributed by atoms with Gasteiger partial charge in [-0.05, 0) is 6.42 Å². The summed E-state index contributed by atoms with van der Waals surface area (Å²) in [6.45, 7) is 0.898. The van der Waals surface area contributed by atoms with Gasteiger partial charge in [0.2, 0.25) is 0 Å². The van der Waals surface area contributed by atoms with Crippen molar-refractivity contribution < 1.29 is 10.2 Å². The van der Waals surface area contributed by atoms with Gasteiger partial charge in [0.05, 0.1) is 6.61 Å². The smallest absolute Gasteiger partial charge is 0.108 e. The van der Waals surface area contributed by atoms with Gasteiger partial charge >= 0.3 is 0 Å². The number of aliphatic hydroxyl groups excluding tert-OH is 2. The lowest BCUT2D eigenvalue weighted by molar-refractivity contribution is 0.270. The normalized spacial score (nSPS) is 9.69. The molecule has 0 aliphatic heterocycles. The Morgan fingerprint density at radius 3 is 2.69 bits per heavy atom. The fourth-order valence-electron chi connectivity index (χ4n) is 1.12. The highest BCUT2D eigenvalue weighted by Crippen LogP contribution is 2.00. The minimum atomic E-state index is 0. The highest BCUT2D eigenvalue weighted by atomic mass is 79.9. The van der Waals surface area contributed by atoms with Gasteiger partial charge in [-0.25, -0.2) is 4.98 Å². The average molecular weight is 251 g/mol. The second-order valence-electron chi connectivity index (χ2n) is 2.59. The quantitative estimate of drug-likeness (QED) is 0.795. The van der Waals surface area contributed by atoms with Crippen molar-refractivity contribution in [1.82, 2.24) is 9.55 Å². The van der Waals surface area contributed by atoms with Crippen molar-refractivity contribution in [2.75, 3.05) is 13.2 Å². The van der Waals surface area contributed by atoms with Crippen LogP contribution < -0.4 is 0 Å². The van der Waals surface area contributed by atoms with Gasteiger partial charge in [0.25, 0.3) is 0 Å². The Morgan fingerprint density at radius 1 is 1.31 bits per heavy atom. The first-order valence-electron chi connectivity index (χ1n) is 4.10. The van der Waals surface area contributed by atoms with Gasteiger partial charge in [-0.15, -0.1) is 17.0 Å². The van der Waals surface area contributed by atoms with Crippen LogP contribution in [0.25, 0.3) is 0 Å². The molecule has 0 radical (unpaired) electrons. The van der Waals surface area contributed by atoms with Gasteiger partial charge in [-0.3, -0.25) is 0 Å². The molecule has 0 amide bonds. The van der Waals surface area contributed by atoms with E-state index < -0.39 is 0 Å². The maximum Gasteiger partial charge on any atom is 0.108 e. The zero-order valence-corrected chi connectivity index (χ0v) is 9.10. The van der Waals surface area contributed by atoms with Gasteiger partial charge in [0.15, 0.2) is 0 Å². The maximum atomic E-state index is 8.69. The van der Waals surface area contributed by atoms with Crippen LogP contribution in [-0.2, 0) is 13.0 Å². The molecule has 1 aromatic heterocycles. The minimum Gasteiger partial charge on any atom is -0.396 e. The lowest BCUT2D eigenvalue weighted by atomic mass is 10.3. The lowest BCUT2D eigenvalue weighted by Crippen LogP contribution is -2.06. The molecule has 13 heavy (non-hydrogen) atoms. The molecule has 0 fully saturated rings. The molecule has 0 aliphatic rings. The molecule has 5 heteroatoms. The third kappa shape index (κ3) is 3.89. The molecule has 2 N–H and O–H groups in total. The Kier molecular flexibility index (Phi) is 6.84. The van der Waals surface area contributed by atoms with Crippen LogP contribution in [0.4, 0.5) is 0 Å². The van der Waals surface area contributed by atoms with Crippen LogP contribution in [0.1, 0.15) is 12.2 Å². The van der Waals surface area contributed by atoms with E-state index in [1.54, 1.807) is 6.20 Å². The predicted octanol–water partition coefficient (Wildman–Crippen LogP) is 0.378. The largest absolute Gasteiger partial charge is 0.396 e. The summed E-state index contributed by atoms with van der Waals surface area (Å²) in [5.74, 6) is 0.929. The Balaban J connectivity index is 0.00000144. The fourth-order valence-corrected chi connectivity index (χ4v) is 1.12. The third-order valence-electron chi connectivity index (χ3n) is 1.70. The summed E-state index contributed by atoms with van der Waals surface area (Å²) >= 11 is 0. The van der Waals surface area contributed by atoms with Crippen molar-refractivity contribution in [3.8, 4) is 0 Å². The summed E-state index contributed by atoms with van der Waals surface area (Å²) in [5.41, 5.74) is 0. The fraction of sp³-hybridized carbons (Fsp3) is 0.625. The highest BCUT2D eigenvalue weighted by molar-refractivity contribution is 8.93. The van der Waals surface area contributed by atoms with Crippen LogP contribution in [0.15, 0.2) is 12.4 Å². The van der Waals surface area contributed by atoms with E-state index in [4.69, 9.17) is 10.2 Å². The van der Waals surface area contributed by atoms with Crippen molar-refractivity contribution in [1.29, 1.82) is 0 Å². The first-order valence-corrected chi connectivity index (χ1v) is 4.10. The van der Waals surface area contributed by atoms with Crippen LogP contribution in [0.2, 0.25) is 0 Å². The standard InChI is InChI=1S/C8H14N2O2.BrH/c11-6-1-2-8-9-3-4-10(8)5-7-12;/h3-4,11-12H,1-2,5-7H2;1H. The first kappa shape index (κ1) is 12.6. The van der Waals surface area contributed by atoms with Crippen LogP contribution in [0.5, 0.6) is 0 Å². The van der Waals surface area contributed by atoms with E-state index in [9.17, 15) is 0 Å². The molecule has 76 valence electrons. The molecular formula is C8H15BrN2O2. The molecule has 0 atom stereocenters. The number of imidazole rings is 1. The van der Waals surface area contributed by atoms with E-state index in [0.29, 0.717) is 6.54 Å². The number of hydrogen-bond acceptors (Lipinski definition) is 3. The van der Waals surface area contributed by atoms with Crippen molar-refractivity contribution in [3.05, 3.63) is 18.2 Å². The summed E-state index contributed by atoms with van der Waals surface area (Å²) in [4.78, 5) is 4.11. The van der Waals surface area contributed by atoms with Crippen molar-refractivity contribution >= 4 is 17.0 Å². The summed E-state index contributed by atoms with van der Waals surface area (Å²) in [6, 6.07) is 0. The summed E-state index contributed by atoms with van der Waals surface area (Å²) < 4.78 is 1.90. The summed E-state index contributed by atoms with van der Waals surface area (Å²) in [5, 5.41) is 17.3. The van der Waals surface area contributed by atoms with Gasteiger partial charge in [0.1, 0.15) is 5.82 Å². The molecule has 4 nitrogen and oxygen atoms in total. The van der Waals surface area contributed by atoms with E-state index in [-0.39, 0.29) is 30.2 Å². The summed E-state index contributed by atoms with van der Waals surface area (Å²) in [6.07, 6.45) is 5.04. The minimum absolute atomic E-state index is 0. The monoisotopic (exact) mass is 250 g/mol. The number of aryl methyl sites for hydroxylation is 1. The first-order chi connectivity index (χ1) is 5.88. The molecule has 1 rings (SSSR count). The highest BCUT2D eigenvalue weighted by Gasteiger charge is 2.00. The maximum absolute atomic E-state index is 8.69. The van der Waals surface area contributed by atoms with Crippen LogP contribution >= 0.6 is 17.0 Å². The van der Waals surface area contributed by atoms with E-state index in [2.05, 4.69) is 4.98 Å². The Labute approximate surface area is 88.0 Å². The topological polar surface area (TPSA) is 58.3 Å². The van der Waals surface area contributed by atoms with Gasteiger partial charge in [0, 0.05) is 32.0 Å². The van der Waals surface area contributed by atoms with Crippen LogP contribution in [-0.4, -0.2) is 33.0 Å². The summed E-state index contributed by atoms with van der Waals surface area (Å²) in [7, 11) is 0. The van der Waals surface area contributed by atoms with E-state index in [1.165, 1.54) is 0 Å². The number of nitrogens with zero attached hydrogens (tertiary/aromatic N) is 2. The SMILES string of the molecule is Br.OCCCc1nccn1CCO. The number of hydrogen-bond donors (Lipinski definition) is 2. The molecule has 0 bridgehead atoms.